The molecule has 2 aromatic rings. The topological polar surface area (TPSA) is 47.0 Å². The van der Waals surface area contributed by atoms with Gasteiger partial charge in [-0.1, -0.05) is 19.1 Å². The molecule has 0 aliphatic rings. The van der Waals surface area contributed by atoms with Crippen LogP contribution in [0.4, 0.5) is 0 Å². The van der Waals surface area contributed by atoms with Crippen LogP contribution in [0.25, 0.3) is 0 Å². The van der Waals surface area contributed by atoms with Crippen molar-refractivity contribution in [2.45, 2.75) is 39.3 Å². The lowest BCUT2D eigenvalue weighted by atomic mass is 10.0. The third-order valence-electron chi connectivity index (χ3n) is 3.06. The number of hydrogen-bond donors (Lipinski definition) is 1. The minimum absolute atomic E-state index is 0.0618. The SMILES string of the molecule is CCCNC(c1ccc(OC(C)C)cc1)c1cnccn1. The molecule has 2 rings (SSSR count). The molecule has 0 fully saturated rings. The van der Waals surface area contributed by atoms with Gasteiger partial charge in [-0.15, -0.1) is 0 Å². The first-order chi connectivity index (χ1) is 10.2. The van der Waals surface area contributed by atoms with Crippen LogP contribution in [0, 0.1) is 0 Å². The van der Waals surface area contributed by atoms with Gasteiger partial charge in [0.25, 0.3) is 0 Å². The molecule has 0 aliphatic heterocycles. The van der Waals surface area contributed by atoms with Gasteiger partial charge >= 0.3 is 0 Å². The molecule has 1 aromatic heterocycles. The highest BCUT2D eigenvalue weighted by Crippen LogP contribution is 2.23. The number of hydrogen-bond acceptors (Lipinski definition) is 4. The summed E-state index contributed by atoms with van der Waals surface area (Å²) in [6.45, 7) is 7.14. The fourth-order valence-corrected chi connectivity index (χ4v) is 2.15. The van der Waals surface area contributed by atoms with Crippen LogP contribution in [0.15, 0.2) is 42.9 Å². The van der Waals surface area contributed by atoms with Crippen LogP contribution in [0.2, 0.25) is 0 Å². The van der Waals surface area contributed by atoms with Crippen molar-refractivity contribution in [3.8, 4) is 5.75 Å². The molecule has 112 valence electrons. The number of aromatic nitrogens is 2. The van der Waals surface area contributed by atoms with Gasteiger partial charge in [0.05, 0.1) is 24.0 Å². The van der Waals surface area contributed by atoms with Crippen LogP contribution in [0.1, 0.15) is 44.5 Å². The van der Waals surface area contributed by atoms with Gasteiger partial charge in [0.15, 0.2) is 0 Å². The van der Waals surface area contributed by atoms with Gasteiger partial charge in [-0.3, -0.25) is 9.97 Å². The minimum atomic E-state index is 0.0618. The Kier molecular flexibility index (Phi) is 5.69. The largest absolute Gasteiger partial charge is 0.491 e. The summed E-state index contributed by atoms with van der Waals surface area (Å²) in [5, 5.41) is 3.52. The Balaban J connectivity index is 2.20. The highest BCUT2D eigenvalue weighted by Gasteiger charge is 2.14. The zero-order chi connectivity index (χ0) is 15.1. The van der Waals surface area contributed by atoms with Crippen molar-refractivity contribution in [2.24, 2.45) is 0 Å². The van der Waals surface area contributed by atoms with Crippen LogP contribution >= 0.6 is 0 Å². The summed E-state index contributed by atoms with van der Waals surface area (Å²) in [4.78, 5) is 8.59. The lowest BCUT2D eigenvalue weighted by molar-refractivity contribution is 0.242. The Labute approximate surface area is 126 Å². The smallest absolute Gasteiger partial charge is 0.119 e. The first-order valence-electron chi connectivity index (χ1n) is 7.46. The van der Waals surface area contributed by atoms with E-state index in [0.29, 0.717) is 0 Å². The van der Waals surface area contributed by atoms with E-state index < -0.39 is 0 Å². The molecule has 1 unspecified atom stereocenters. The summed E-state index contributed by atoms with van der Waals surface area (Å²) in [6, 6.07) is 8.24. The molecule has 21 heavy (non-hydrogen) atoms. The molecule has 0 spiro atoms. The number of ether oxygens (including phenoxy) is 1. The van der Waals surface area contributed by atoms with E-state index in [4.69, 9.17) is 4.74 Å². The highest BCUT2D eigenvalue weighted by molar-refractivity contribution is 5.32. The quantitative estimate of drug-likeness (QED) is 0.847. The number of nitrogens with zero attached hydrogens (tertiary/aromatic N) is 2. The second-order valence-corrected chi connectivity index (χ2v) is 5.25. The Bertz CT molecular complexity index is 525. The molecule has 0 aliphatic carbocycles. The molecule has 0 saturated carbocycles. The van der Waals surface area contributed by atoms with Gasteiger partial charge in [-0.05, 0) is 44.5 Å². The van der Waals surface area contributed by atoms with E-state index in [2.05, 4.69) is 34.3 Å². The molecule has 1 atom stereocenters. The molecule has 1 heterocycles. The minimum Gasteiger partial charge on any atom is -0.491 e. The second-order valence-electron chi connectivity index (χ2n) is 5.25. The Morgan fingerprint density at radius 1 is 1.14 bits per heavy atom. The van der Waals surface area contributed by atoms with Crippen molar-refractivity contribution < 1.29 is 4.74 Å². The van der Waals surface area contributed by atoms with E-state index >= 15 is 0 Å². The first-order valence-corrected chi connectivity index (χ1v) is 7.46. The van der Waals surface area contributed by atoms with E-state index in [1.807, 2.05) is 32.2 Å². The highest BCUT2D eigenvalue weighted by atomic mass is 16.5. The third kappa shape index (κ3) is 4.53. The molecule has 4 heteroatoms. The predicted octanol–water partition coefficient (Wildman–Crippen LogP) is 3.35. The first kappa shape index (κ1) is 15.4. The summed E-state index contributed by atoms with van der Waals surface area (Å²) >= 11 is 0. The summed E-state index contributed by atoms with van der Waals surface area (Å²) in [7, 11) is 0. The van der Waals surface area contributed by atoms with Crippen LogP contribution in [0.5, 0.6) is 5.75 Å². The lowest BCUT2D eigenvalue weighted by Gasteiger charge is -2.19. The standard InChI is InChI=1S/C17H23N3O/c1-4-9-20-17(16-12-18-10-11-19-16)14-5-7-15(8-6-14)21-13(2)3/h5-8,10-13,17,20H,4,9H2,1-3H3. The molecule has 0 saturated heterocycles. The summed E-state index contributed by atoms with van der Waals surface area (Å²) < 4.78 is 5.69. The predicted molar refractivity (Wildman–Crippen MR) is 84.4 cm³/mol. The molecule has 1 N–H and O–H groups in total. The van der Waals surface area contributed by atoms with Gasteiger partial charge in [0.1, 0.15) is 5.75 Å². The molecular formula is C17H23N3O. The third-order valence-corrected chi connectivity index (χ3v) is 3.06. The van der Waals surface area contributed by atoms with E-state index in [-0.39, 0.29) is 12.1 Å². The molecular weight excluding hydrogens is 262 g/mol. The average Bonchev–Trinajstić information content (AvgIpc) is 2.50. The number of nitrogens with one attached hydrogen (secondary N) is 1. The van der Waals surface area contributed by atoms with Crippen LogP contribution in [0.3, 0.4) is 0 Å². The monoisotopic (exact) mass is 285 g/mol. The van der Waals surface area contributed by atoms with Crippen molar-refractivity contribution in [1.29, 1.82) is 0 Å². The van der Waals surface area contributed by atoms with Gasteiger partial charge in [0, 0.05) is 12.4 Å². The maximum Gasteiger partial charge on any atom is 0.119 e. The fourth-order valence-electron chi connectivity index (χ4n) is 2.15. The van der Waals surface area contributed by atoms with Crippen molar-refractivity contribution in [2.75, 3.05) is 6.54 Å². The van der Waals surface area contributed by atoms with E-state index in [1.54, 1.807) is 12.4 Å². The second kappa shape index (κ2) is 7.74. The number of benzene rings is 1. The summed E-state index contributed by atoms with van der Waals surface area (Å²) in [5.74, 6) is 0.891. The normalized spacial score (nSPS) is 12.4. The Morgan fingerprint density at radius 2 is 1.90 bits per heavy atom. The molecule has 1 aromatic carbocycles. The van der Waals surface area contributed by atoms with Crippen LogP contribution in [-0.4, -0.2) is 22.6 Å². The zero-order valence-corrected chi connectivity index (χ0v) is 12.9. The summed E-state index contributed by atoms with van der Waals surface area (Å²) in [6.07, 6.45) is 6.49. The van der Waals surface area contributed by atoms with Crippen LogP contribution in [-0.2, 0) is 0 Å². The Morgan fingerprint density at radius 3 is 2.48 bits per heavy atom. The van der Waals surface area contributed by atoms with Crippen molar-refractivity contribution in [3.63, 3.8) is 0 Å². The average molecular weight is 285 g/mol. The van der Waals surface area contributed by atoms with E-state index in [9.17, 15) is 0 Å². The van der Waals surface area contributed by atoms with Crippen molar-refractivity contribution in [1.82, 2.24) is 15.3 Å². The van der Waals surface area contributed by atoms with Crippen molar-refractivity contribution >= 4 is 0 Å². The van der Waals surface area contributed by atoms with Crippen LogP contribution < -0.4 is 10.1 Å². The van der Waals surface area contributed by atoms with Gasteiger partial charge in [-0.2, -0.15) is 0 Å². The summed E-state index contributed by atoms with van der Waals surface area (Å²) in [5.41, 5.74) is 2.10. The van der Waals surface area contributed by atoms with E-state index in [1.165, 1.54) is 5.56 Å². The fraction of sp³-hybridized carbons (Fsp3) is 0.412. The zero-order valence-electron chi connectivity index (χ0n) is 12.9. The van der Waals surface area contributed by atoms with Gasteiger partial charge in [0.2, 0.25) is 0 Å². The number of rotatable bonds is 7. The van der Waals surface area contributed by atoms with Gasteiger partial charge in [-0.25, -0.2) is 0 Å². The van der Waals surface area contributed by atoms with Crippen molar-refractivity contribution in [3.05, 3.63) is 54.1 Å². The molecule has 0 radical (unpaired) electrons. The molecule has 4 nitrogen and oxygen atoms in total. The lowest BCUT2D eigenvalue weighted by Crippen LogP contribution is -2.24. The Hall–Kier alpha value is -1.94. The molecule has 0 amide bonds. The maximum atomic E-state index is 5.69. The molecule has 0 bridgehead atoms. The van der Waals surface area contributed by atoms with Gasteiger partial charge < -0.3 is 10.1 Å². The maximum absolute atomic E-state index is 5.69. The van der Waals surface area contributed by atoms with E-state index in [0.717, 1.165) is 24.4 Å².